The van der Waals surface area contributed by atoms with Crippen molar-refractivity contribution in [1.29, 1.82) is 0 Å². The molecule has 3 fully saturated rings. The van der Waals surface area contributed by atoms with Crippen LogP contribution in [0.5, 0.6) is 0 Å². The van der Waals surface area contributed by atoms with Crippen molar-refractivity contribution in [2.24, 2.45) is 11.8 Å². The largest absolute Gasteiger partial charge is 0.347 e. The quantitative estimate of drug-likeness (QED) is 0.218. The lowest BCUT2D eigenvalue weighted by Gasteiger charge is -2.34. The number of ketones is 1. The number of nitrogens with one attached hydrogen (secondary N) is 4. The van der Waals surface area contributed by atoms with Crippen LogP contribution in [-0.2, 0) is 24.0 Å². The molecular formula is C35H55N7O6. The van der Waals surface area contributed by atoms with Crippen molar-refractivity contribution < 1.29 is 28.8 Å². The normalized spacial score (nSPS) is 19.6. The Morgan fingerprint density at radius 1 is 0.875 bits per heavy atom. The molecule has 4 atom stereocenters. The Kier molecular flexibility index (Phi) is 15.4. The lowest BCUT2D eigenvalue weighted by molar-refractivity contribution is -0.144. The average molecular weight is 670 g/mol. The third-order valence-electron chi connectivity index (χ3n) is 8.90. The van der Waals surface area contributed by atoms with Gasteiger partial charge >= 0.3 is 0 Å². The van der Waals surface area contributed by atoms with Crippen LogP contribution in [0.25, 0.3) is 0 Å². The first-order valence-corrected chi connectivity index (χ1v) is 17.8. The molecule has 0 aromatic carbocycles. The molecule has 1 aromatic heterocycles. The Labute approximate surface area is 284 Å². The summed E-state index contributed by atoms with van der Waals surface area (Å²) in [5.41, 5.74) is 0.0957. The Morgan fingerprint density at radius 3 is 2.15 bits per heavy atom. The first-order chi connectivity index (χ1) is 23.0. The fourth-order valence-electron chi connectivity index (χ4n) is 6.20. The van der Waals surface area contributed by atoms with Gasteiger partial charge in [-0.25, -0.2) is 4.98 Å². The second kappa shape index (κ2) is 19.2. The van der Waals surface area contributed by atoms with Gasteiger partial charge in [0.05, 0.1) is 12.2 Å². The second-order valence-corrected chi connectivity index (χ2v) is 13.5. The highest BCUT2D eigenvalue weighted by atomic mass is 16.2. The number of aromatic nitrogens is 2. The molecule has 0 radical (unpaired) electrons. The lowest BCUT2D eigenvalue weighted by Crippen LogP contribution is -2.60. The van der Waals surface area contributed by atoms with E-state index in [4.69, 9.17) is 0 Å². The van der Waals surface area contributed by atoms with Gasteiger partial charge in [-0.1, -0.05) is 66.7 Å². The SMILES string of the molecule is CCC.CCC[C@H](NC(=O)[C@@H]1CCCN1C(=O)[C@@H](NC(=O)[C@@H](NC(=O)c1cnccn1)C1CCCCC1)C(C)C)C(=O)C(=O)NC1CC1. The van der Waals surface area contributed by atoms with Crippen molar-refractivity contribution in [3.8, 4) is 0 Å². The van der Waals surface area contributed by atoms with Crippen LogP contribution in [-0.4, -0.2) is 86.9 Å². The van der Waals surface area contributed by atoms with E-state index >= 15 is 0 Å². The van der Waals surface area contributed by atoms with Crippen LogP contribution in [0, 0.1) is 11.8 Å². The van der Waals surface area contributed by atoms with Crippen molar-refractivity contribution in [1.82, 2.24) is 36.1 Å². The Balaban J connectivity index is 0.00000201. The van der Waals surface area contributed by atoms with Crippen molar-refractivity contribution in [3.63, 3.8) is 0 Å². The molecule has 2 heterocycles. The van der Waals surface area contributed by atoms with E-state index in [9.17, 15) is 28.8 Å². The topological polar surface area (TPSA) is 180 Å². The highest BCUT2D eigenvalue weighted by Crippen LogP contribution is 2.28. The minimum Gasteiger partial charge on any atom is -0.347 e. The number of hydrogen-bond acceptors (Lipinski definition) is 8. The van der Waals surface area contributed by atoms with Crippen LogP contribution in [0.1, 0.15) is 122 Å². The maximum absolute atomic E-state index is 14.0. The molecule has 4 rings (SSSR count). The standard InChI is InChI=1S/C32H47N7O6.C3H8/c1-4-9-22(27(40)31(44)35-21-13-14-21)36-29(42)24-12-8-17-39(24)32(45)25(19(2)3)37-30(43)26(20-10-6-5-7-11-20)38-28(41)23-18-33-15-16-34-23;1-3-2/h15-16,18-22,24-26H,4-14,17H2,1-3H3,(H,35,44)(H,36,42)(H,37,43)(H,38,41);3H2,1-2H3/t22-,24-,25-,26-;/m0./s1. The Hall–Kier alpha value is -3.90. The zero-order valence-electron chi connectivity index (χ0n) is 29.3. The lowest BCUT2D eigenvalue weighted by atomic mass is 9.83. The molecule has 4 N–H and O–H groups in total. The minimum absolute atomic E-state index is 0.0172. The summed E-state index contributed by atoms with van der Waals surface area (Å²) >= 11 is 0. The summed E-state index contributed by atoms with van der Waals surface area (Å²) in [6.45, 7) is 10.1. The molecule has 0 bridgehead atoms. The van der Waals surface area contributed by atoms with E-state index in [0.717, 1.165) is 44.9 Å². The molecule has 13 nitrogen and oxygen atoms in total. The van der Waals surface area contributed by atoms with E-state index in [2.05, 4.69) is 45.1 Å². The minimum atomic E-state index is -0.978. The Bertz CT molecular complexity index is 1250. The van der Waals surface area contributed by atoms with Gasteiger partial charge in [-0.2, -0.15) is 0 Å². The number of carbonyl (C=O) groups is 6. The van der Waals surface area contributed by atoms with Crippen molar-refractivity contribution in [2.45, 2.75) is 142 Å². The van der Waals surface area contributed by atoms with E-state index in [-0.39, 0.29) is 23.6 Å². The van der Waals surface area contributed by atoms with E-state index in [1.807, 2.05) is 20.8 Å². The summed E-state index contributed by atoms with van der Waals surface area (Å²) in [4.78, 5) is 89.0. The average Bonchev–Trinajstić information content (AvgIpc) is 3.76. The summed E-state index contributed by atoms with van der Waals surface area (Å²) in [6.07, 6.45) is 13.5. The molecule has 48 heavy (non-hydrogen) atoms. The summed E-state index contributed by atoms with van der Waals surface area (Å²) < 4.78 is 0. The third-order valence-corrected chi connectivity index (χ3v) is 8.90. The third kappa shape index (κ3) is 11.1. The van der Waals surface area contributed by atoms with Crippen molar-refractivity contribution in [3.05, 3.63) is 24.3 Å². The monoisotopic (exact) mass is 669 g/mol. The van der Waals surface area contributed by atoms with Crippen LogP contribution >= 0.6 is 0 Å². The van der Waals surface area contributed by atoms with Gasteiger partial charge < -0.3 is 26.2 Å². The van der Waals surface area contributed by atoms with Gasteiger partial charge in [0.1, 0.15) is 23.8 Å². The van der Waals surface area contributed by atoms with Gasteiger partial charge in [-0.15, -0.1) is 0 Å². The van der Waals surface area contributed by atoms with Gasteiger partial charge in [0.25, 0.3) is 11.8 Å². The fraction of sp³-hybridized carbons (Fsp3) is 0.714. The summed E-state index contributed by atoms with van der Waals surface area (Å²) in [6, 6.07) is -3.60. The van der Waals surface area contributed by atoms with Gasteiger partial charge in [-0.3, -0.25) is 33.8 Å². The molecule has 266 valence electrons. The first-order valence-electron chi connectivity index (χ1n) is 17.8. The smallest absolute Gasteiger partial charge is 0.289 e. The molecule has 2 saturated carbocycles. The van der Waals surface area contributed by atoms with Gasteiger partial charge in [-0.05, 0) is 56.8 Å². The molecule has 3 aliphatic rings. The highest BCUT2D eigenvalue weighted by molar-refractivity contribution is 6.38. The van der Waals surface area contributed by atoms with Crippen LogP contribution < -0.4 is 21.3 Å². The van der Waals surface area contributed by atoms with Gasteiger partial charge in [0.2, 0.25) is 23.5 Å². The predicted molar refractivity (Wildman–Crippen MR) is 180 cm³/mol. The molecule has 1 aromatic rings. The zero-order chi connectivity index (χ0) is 35.2. The van der Waals surface area contributed by atoms with Gasteiger partial charge in [0, 0.05) is 25.0 Å². The number of Topliss-reactive ketones (excluding diaryl/α,β-unsaturated/α-hetero) is 1. The first kappa shape index (κ1) is 38.5. The van der Waals surface area contributed by atoms with Gasteiger partial charge in [0.15, 0.2) is 0 Å². The molecule has 13 heteroatoms. The Morgan fingerprint density at radius 2 is 1.56 bits per heavy atom. The molecule has 2 aliphatic carbocycles. The van der Waals surface area contributed by atoms with E-state index in [1.54, 1.807) is 0 Å². The molecular weight excluding hydrogens is 614 g/mol. The van der Waals surface area contributed by atoms with Crippen LogP contribution in [0.2, 0.25) is 0 Å². The predicted octanol–water partition coefficient (Wildman–Crippen LogP) is 2.84. The fourth-order valence-corrected chi connectivity index (χ4v) is 6.20. The number of likely N-dealkylation sites (tertiary alicyclic amines) is 1. The van der Waals surface area contributed by atoms with E-state index in [1.165, 1.54) is 29.9 Å². The number of amides is 5. The van der Waals surface area contributed by atoms with Crippen molar-refractivity contribution in [2.75, 3.05) is 6.54 Å². The number of nitrogens with zero attached hydrogens (tertiary/aromatic N) is 3. The van der Waals surface area contributed by atoms with E-state index < -0.39 is 59.5 Å². The number of carbonyl (C=O) groups excluding carboxylic acids is 6. The maximum Gasteiger partial charge on any atom is 0.289 e. The zero-order valence-corrected chi connectivity index (χ0v) is 29.3. The number of rotatable bonds is 14. The molecule has 1 aliphatic heterocycles. The maximum atomic E-state index is 14.0. The summed E-state index contributed by atoms with van der Waals surface area (Å²) in [5.74, 6) is -3.65. The molecule has 0 spiro atoms. The summed E-state index contributed by atoms with van der Waals surface area (Å²) in [7, 11) is 0. The molecule has 5 amide bonds. The van der Waals surface area contributed by atoms with Crippen LogP contribution in [0.4, 0.5) is 0 Å². The van der Waals surface area contributed by atoms with Crippen LogP contribution in [0.15, 0.2) is 18.6 Å². The van der Waals surface area contributed by atoms with Crippen LogP contribution in [0.3, 0.4) is 0 Å². The number of hydrogen-bond donors (Lipinski definition) is 4. The summed E-state index contributed by atoms with van der Waals surface area (Å²) in [5, 5.41) is 11.2. The highest BCUT2D eigenvalue weighted by Gasteiger charge is 2.42. The van der Waals surface area contributed by atoms with Crippen molar-refractivity contribution >= 4 is 35.3 Å². The van der Waals surface area contributed by atoms with E-state index in [0.29, 0.717) is 32.2 Å². The second-order valence-electron chi connectivity index (χ2n) is 13.5. The molecule has 0 unspecified atom stereocenters. The molecule has 1 saturated heterocycles.